The Bertz CT molecular complexity index is 1260. The Kier molecular flexibility index (Phi) is 9.03. The molecule has 0 bridgehead atoms. The van der Waals surface area contributed by atoms with Crippen LogP contribution in [0, 0.1) is 6.92 Å². The topological polar surface area (TPSA) is 114 Å². The van der Waals surface area contributed by atoms with E-state index < -0.39 is 11.1 Å². The lowest BCUT2D eigenvalue weighted by molar-refractivity contribution is -0.139. The summed E-state index contributed by atoms with van der Waals surface area (Å²) in [5.74, 6) is -0.363. The predicted octanol–water partition coefficient (Wildman–Crippen LogP) is 3.31. The zero-order chi connectivity index (χ0) is 27.1. The number of hydrogen-bond donors (Lipinski definition) is 1. The number of nitrogens with zero attached hydrogens (tertiary/aromatic N) is 2. The normalized spacial score (nSPS) is 16.6. The molecule has 2 aromatic carbocycles. The fourth-order valence-electron chi connectivity index (χ4n) is 3.90. The standard InChI is InChI=1S/C27H29N3O7S/c1-3-36-22-14-19(7-8-21(22)37-17-24(31)28-20-6-4-5-18(2)13-20)15-23-26(33)30(27(34)38-23)16-25(32)29-9-11-35-12-10-29/h4-8,13-15H,3,9-12,16-17H2,1-2H3,(H,28,31)/b23-15-. The number of hydrogen-bond acceptors (Lipinski definition) is 8. The Balaban J connectivity index is 1.41. The Hall–Kier alpha value is -3.83. The van der Waals surface area contributed by atoms with Crippen molar-refractivity contribution < 1.29 is 33.4 Å². The van der Waals surface area contributed by atoms with Gasteiger partial charge in [0.25, 0.3) is 17.1 Å². The summed E-state index contributed by atoms with van der Waals surface area (Å²) in [7, 11) is 0. The molecule has 200 valence electrons. The van der Waals surface area contributed by atoms with E-state index >= 15 is 0 Å². The van der Waals surface area contributed by atoms with E-state index in [4.69, 9.17) is 14.2 Å². The summed E-state index contributed by atoms with van der Waals surface area (Å²) >= 11 is 0.783. The molecule has 2 saturated heterocycles. The van der Waals surface area contributed by atoms with E-state index in [1.165, 1.54) is 0 Å². The predicted molar refractivity (Wildman–Crippen MR) is 143 cm³/mol. The van der Waals surface area contributed by atoms with Crippen LogP contribution in [0.5, 0.6) is 11.5 Å². The molecule has 0 aliphatic carbocycles. The number of amides is 4. The second kappa shape index (κ2) is 12.6. The lowest BCUT2D eigenvalue weighted by Crippen LogP contribution is -2.46. The summed E-state index contributed by atoms with van der Waals surface area (Å²) in [5.41, 5.74) is 2.31. The van der Waals surface area contributed by atoms with Gasteiger partial charge in [-0.1, -0.05) is 18.2 Å². The highest BCUT2D eigenvalue weighted by Crippen LogP contribution is 2.34. The van der Waals surface area contributed by atoms with Crippen LogP contribution in [0.1, 0.15) is 18.1 Å². The van der Waals surface area contributed by atoms with Crippen molar-refractivity contribution in [2.24, 2.45) is 0 Å². The Labute approximate surface area is 224 Å². The minimum Gasteiger partial charge on any atom is -0.490 e. The smallest absolute Gasteiger partial charge is 0.294 e. The van der Waals surface area contributed by atoms with E-state index in [1.807, 2.05) is 32.0 Å². The number of thioether (sulfide) groups is 1. The van der Waals surface area contributed by atoms with E-state index in [-0.39, 0.29) is 29.9 Å². The summed E-state index contributed by atoms with van der Waals surface area (Å²) in [4.78, 5) is 53.0. The molecule has 0 radical (unpaired) electrons. The Morgan fingerprint density at radius 1 is 1.08 bits per heavy atom. The van der Waals surface area contributed by atoms with Gasteiger partial charge in [0.1, 0.15) is 6.54 Å². The van der Waals surface area contributed by atoms with Gasteiger partial charge in [-0.15, -0.1) is 0 Å². The van der Waals surface area contributed by atoms with Crippen LogP contribution in [0.3, 0.4) is 0 Å². The quantitative estimate of drug-likeness (QED) is 0.483. The van der Waals surface area contributed by atoms with Crippen LogP contribution in [0.2, 0.25) is 0 Å². The summed E-state index contributed by atoms with van der Waals surface area (Å²) in [6.07, 6.45) is 1.57. The van der Waals surface area contributed by atoms with Gasteiger partial charge in [-0.3, -0.25) is 24.1 Å². The number of morpholine rings is 1. The molecule has 4 rings (SSSR count). The third-order valence-corrected chi connectivity index (χ3v) is 6.66. The van der Waals surface area contributed by atoms with E-state index in [2.05, 4.69) is 5.32 Å². The SMILES string of the molecule is CCOc1cc(/C=C2\SC(=O)N(CC(=O)N3CCOCC3)C2=O)ccc1OCC(=O)Nc1cccc(C)c1. The molecule has 0 atom stereocenters. The largest absolute Gasteiger partial charge is 0.490 e. The zero-order valence-corrected chi connectivity index (χ0v) is 22.0. The van der Waals surface area contributed by atoms with Crippen molar-refractivity contribution in [1.82, 2.24) is 9.80 Å². The van der Waals surface area contributed by atoms with Crippen LogP contribution in [-0.4, -0.2) is 78.8 Å². The Morgan fingerprint density at radius 3 is 2.61 bits per heavy atom. The number of carbonyl (C=O) groups excluding carboxylic acids is 4. The van der Waals surface area contributed by atoms with Crippen LogP contribution in [-0.2, 0) is 19.1 Å². The molecule has 10 nitrogen and oxygen atoms in total. The second-order valence-corrected chi connectivity index (χ2v) is 9.60. The molecule has 2 fully saturated rings. The van der Waals surface area contributed by atoms with Gasteiger partial charge in [-0.25, -0.2) is 0 Å². The molecule has 2 heterocycles. The molecule has 1 N–H and O–H groups in total. The minimum atomic E-state index is -0.521. The summed E-state index contributed by atoms with van der Waals surface area (Å²) in [6.45, 7) is 5.34. The van der Waals surface area contributed by atoms with E-state index in [9.17, 15) is 19.2 Å². The summed E-state index contributed by atoms with van der Waals surface area (Å²) in [5, 5.41) is 2.29. The van der Waals surface area contributed by atoms with Gasteiger partial charge in [0.2, 0.25) is 5.91 Å². The first-order chi connectivity index (χ1) is 18.3. The van der Waals surface area contributed by atoms with E-state index in [0.717, 1.165) is 22.2 Å². The van der Waals surface area contributed by atoms with Gasteiger partial charge in [0, 0.05) is 18.8 Å². The van der Waals surface area contributed by atoms with Gasteiger partial charge in [0.15, 0.2) is 18.1 Å². The monoisotopic (exact) mass is 539 g/mol. The molecule has 0 aromatic heterocycles. The second-order valence-electron chi connectivity index (χ2n) is 8.61. The van der Waals surface area contributed by atoms with Crippen LogP contribution >= 0.6 is 11.8 Å². The maximum absolute atomic E-state index is 12.9. The maximum atomic E-state index is 12.9. The number of ether oxygens (including phenoxy) is 3. The van der Waals surface area contributed by atoms with Crippen molar-refractivity contribution in [3.05, 3.63) is 58.5 Å². The first-order valence-electron chi connectivity index (χ1n) is 12.2. The van der Waals surface area contributed by atoms with E-state index in [0.29, 0.717) is 55.7 Å². The van der Waals surface area contributed by atoms with Crippen molar-refractivity contribution in [3.8, 4) is 11.5 Å². The first-order valence-corrected chi connectivity index (χ1v) is 13.0. The van der Waals surface area contributed by atoms with E-state index in [1.54, 1.807) is 35.2 Å². The van der Waals surface area contributed by atoms with Crippen molar-refractivity contribution in [1.29, 1.82) is 0 Å². The fraction of sp³-hybridized carbons (Fsp3) is 0.333. The molecule has 2 aliphatic rings. The van der Waals surface area contributed by atoms with Gasteiger partial charge < -0.3 is 24.4 Å². The molecular formula is C27H29N3O7S. The number of carbonyl (C=O) groups is 4. The van der Waals surface area contributed by atoms with Crippen LogP contribution in [0.25, 0.3) is 6.08 Å². The van der Waals surface area contributed by atoms with Crippen molar-refractivity contribution in [2.75, 3.05) is 51.4 Å². The molecule has 4 amide bonds. The summed E-state index contributed by atoms with van der Waals surface area (Å²) in [6, 6.07) is 12.5. The average Bonchev–Trinajstić information content (AvgIpc) is 3.16. The number of benzene rings is 2. The lowest BCUT2D eigenvalue weighted by atomic mass is 10.2. The number of aryl methyl sites for hydroxylation is 1. The van der Waals surface area contributed by atoms with Gasteiger partial charge in [-0.05, 0) is 67.1 Å². The molecule has 0 unspecified atom stereocenters. The van der Waals surface area contributed by atoms with Crippen molar-refractivity contribution in [3.63, 3.8) is 0 Å². The highest BCUT2D eigenvalue weighted by molar-refractivity contribution is 8.18. The molecule has 0 saturated carbocycles. The third kappa shape index (κ3) is 6.93. The zero-order valence-electron chi connectivity index (χ0n) is 21.2. The fourth-order valence-corrected chi connectivity index (χ4v) is 4.74. The number of anilines is 1. The summed E-state index contributed by atoms with van der Waals surface area (Å²) < 4.78 is 16.6. The molecule has 38 heavy (non-hydrogen) atoms. The first kappa shape index (κ1) is 27.2. The average molecular weight is 540 g/mol. The minimum absolute atomic E-state index is 0.207. The van der Waals surface area contributed by atoms with Crippen molar-refractivity contribution in [2.45, 2.75) is 13.8 Å². The molecule has 2 aromatic rings. The molecular weight excluding hydrogens is 510 g/mol. The number of rotatable bonds is 9. The highest BCUT2D eigenvalue weighted by atomic mass is 32.2. The van der Waals surface area contributed by atoms with Crippen LogP contribution in [0.15, 0.2) is 47.4 Å². The van der Waals surface area contributed by atoms with Crippen molar-refractivity contribution >= 4 is 46.5 Å². The van der Waals surface area contributed by atoms with Gasteiger partial charge in [0.05, 0.1) is 24.7 Å². The number of nitrogens with one attached hydrogen (secondary N) is 1. The van der Waals surface area contributed by atoms with Gasteiger partial charge in [-0.2, -0.15) is 0 Å². The Morgan fingerprint density at radius 2 is 1.87 bits per heavy atom. The molecule has 2 aliphatic heterocycles. The third-order valence-electron chi connectivity index (χ3n) is 5.76. The van der Waals surface area contributed by atoms with Gasteiger partial charge >= 0.3 is 0 Å². The van der Waals surface area contributed by atoms with Crippen LogP contribution in [0.4, 0.5) is 10.5 Å². The molecule has 11 heteroatoms. The molecule has 0 spiro atoms. The van der Waals surface area contributed by atoms with Crippen LogP contribution < -0.4 is 14.8 Å². The number of imide groups is 1. The highest BCUT2D eigenvalue weighted by Gasteiger charge is 2.37. The lowest BCUT2D eigenvalue weighted by Gasteiger charge is -2.28. The maximum Gasteiger partial charge on any atom is 0.294 e.